The zero-order valence-electron chi connectivity index (χ0n) is 17.7. The Balaban J connectivity index is 2.51. The van der Waals surface area contributed by atoms with Gasteiger partial charge in [0.25, 0.3) is 0 Å². The smallest absolute Gasteiger partial charge is 0.421 e. The molecule has 2 rings (SSSR count). The van der Waals surface area contributed by atoms with E-state index < -0.39 is 17.7 Å². The lowest BCUT2D eigenvalue weighted by Gasteiger charge is -2.42. The largest absolute Gasteiger partial charge is 0.496 e. The molecule has 0 bridgehead atoms. The maximum absolute atomic E-state index is 14.2. The molecule has 0 amide bonds. The van der Waals surface area contributed by atoms with E-state index in [9.17, 15) is 18.3 Å². The highest BCUT2D eigenvalue weighted by Crippen LogP contribution is 2.52. The Morgan fingerprint density at radius 1 is 1.21 bits per heavy atom. The van der Waals surface area contributed by atoms with Gasteiger partial charge in [-0.15, -0.1) is 0 Å². The SMILES string of the molecule is CCN(C)C=Nc1cc(OC)c(C(O)(C2CCC(OC)CC2)C(F)(F)F)cc1C. The van der Waals surface area contributed by atoms with E-state index in [1.54, 1.807) is 20.4 Å². The molecule has 0 heterocycles. The molecule has 0 aromatic heterocycles. The summed E-state index contributed by atoms with van der Waals surface area (Å²) in [7, 11) is 4.71. The van der Waals surface area contributed by atoms with Gasteiger partial charge in [-0.3, -0.25) is 0 Å². The Morgan fingerprint density at radius 3 is 2.31 bits per heavy atom. The molecule has 0 saturated heterocycles. The van der Waals surface area contributed by atoms with Gasteiger partial charge < -0.3 is 19.5 Å². The van der Waals surface area contributed by atoms with Crippen LogP contribution in [0.5, 0.6) is 5.75 Å². The molecule has 164 valence electrons. The number of methoxy groups -OCH3 is 2. The summed E-state index contributed by atoms with van der Waals surface area (Å²) in [4.78, 5) is 6.19. The third kappa shape index (κ3) is 4.86. The minimum Gasteiger partial charge on any atom is -0.496 e. The quantitative estimate of drug-likeness (QED) is 0.523. The van der Waals surface area contributed by atoms with E-state index in [4.69, 9.17) is 9.47 Å². The molecule has 1 aliphatic rings. The number of hydrogen-bond donors (Lipinski definition) is 1. The summed E-state index contributed by atoms with van der Waals surface area (Å²) >= 11 is 0. The third-order valence-electron chi connectivity index (χ3n) is 5.85. The number of ether oxygens (including phenoxy) is 2. The van der Waals surface area contributed by atoms with Crippen molar-refractivity contribution in [2.45, 2.75) is 57.4 Å². The highest BCUT2D eigenvalue weighted by Gasteiger charge is 2.61. The Hall–Kier alpha value is -1.80. The van der Waals surface area contributed by atoms with E-state index in [0.29, 0.717) is 24.1 Å². The topological polar surface area (TPSA) is 54.3 Å². The summed E-state index contributed by atoms with van der Waals surface area (Å²) in [5.41, 5.74) is -2.22. The van der Waals surface area contributed by atoms with E-state index in [1.165, 1.54) is 19.2 Å². The number of aryl methyl sites for hydroxylation is 1. The Bertz CT molecular complexity index is 716. The van der Waals surface area contributed by atoms with Crippen LogP contribution in [0, 0.1) is 12.8 Å². The van der Waals surface area contributed by atoms with Crippen molar-refractivity contribution in [3.8, 4) is 5.75 Å². The first kappa shape index (κ1) is 23.5. The molecule has 1 N–H and O–H groups in total. The van der Waals surface area contributed by atoms with Gasteiger partial charge in [0.15, 0.2) is 5.60 Å². The normalized spacial score (nSPS) is 22.5. The Kier molecular flexibility index (Phi) is 7.56. The number of halogens is 3. The van der Waals surface area contributed by atoms with Crippen LogP contribution in [0.1, 0.15) is 43.7 Å². The molecule has 1 aromatic rings. The van der Waals surface area contributed by atoms with Crippen LogP contribution in [-0.4, -0.2) is 56.4 Å². The number of aliphatic hydroxyl groups is 1. The lowest BCUT2D eigenvalue weighted by atomic mass is 9.71. The van der Waals surface area contributed by atoms with Crippen LogP contribution in [0.3, 0.4) is 0 Å². The van der Waals surface area contributed by atoms with Gasteiger partial charge in [0, 0.05) is 38.2 Å². The highest BCUT2D eigenvalue weighted by molar-refractivity contribution is 5.65. The van der Waals surface area contributed by atoms with Crippen molar-refractivity contribution in [3.05, 3.63) is 23.3 Å². The average molecular weight is 416 g/mol. The molecule has 1 aromatic carbocycles. The van der Waals surface area contributed by atoms with Crippen LogP contribution in [0.2, 0.25) is 0 Å². The Morgan fingerprint density at radius 2 is 1.83 bits per heavy atom. The maximum Gasteiger partial charge on any atom is 0.421 e. The summed E-state index contributed by atoms with van der Waals surface area (Å²) in [6.07, 6.45) is -1.90. The van der Waals surface area contributed by atoms with Crippen LogP contribution in [0.4, 0.5) is 18.9 Å². The molecule has 5 nitrogen and oxygen atoms in total. The molecule has 1 atom stereocenters. The van der Waals surface area contributed by atoms with Crippen LogP contribution in [0.15, 0.2) is 17.1 Å². The van der Waals surface area contributed by atoms with Gasteiger partial charge in [-0.05, 0) is 51.2 Å². The first-order valence-corrected chi connectivity index (χ1v) is 9.83. The van der Waals surface area contributed by atoms with Gasteiger partial charge >= 0.3 is 6.18 Å². The molecule has 8 heteroatoms. The summed E-state index contributed by atoms with van der Waals surface area (Å²) in [6, 6.07) is 2.81. The summed E-state index contributed by atoms with van der Waals surface area (Å²) in [5, 5.41) is 11.1. The maximum atomic E-state index is 14.2. The van der Waals surface area contributed by atoms with E-state index in [1.807, 2.05) is 18.9 Å². The predicted molar refractivity (Wildman–Crippen MR) is 107 cm³/mol. The molecule has 1 unspecified atom stereocenters. The van der Waals surface area contributed by atoms with Crippen molar-refractivity contribution in [2.24, 2.45) is 10.9 Å². The van der Waals surface area contributed by atoms with Crippen molar-refractivity contribution < 1.29 is 27.8 Å². The monoisotopic (exact) mass is 416 g/mol. The van der Waals surface area contributed by atoms with Crippen LogP contribution < -0.4 is 4.74 Å². The third-order valence-corrected chi connectivity index (χ3v) is 5.85. The van der Waals surface area contributed by atoms with E-state index >= 15 is 0 Å². The molecule has 1 aliphatic carbocycles. The number of rotatable bonds is 7. The minimum atomic E-state index is -4.84. The predicted octanol–water partition coefficient (Wildman–Crippen LogP) is 4.57. The highest BCUT2D eigenvalue weighted by atomic mass is 19.4. The molecular weight excluding hydrogens is 385 g/mol. The number of benzene rings is 1. The van der Waals surface area contributed by atoms with Crippen molar-refractivity contribution >= 4 is 12.0 Å². The standard InChI is InChI=1S/C21H31F3N2O3/c1-6-26(3)13-25-18-12-19(29-5)17(11-14(18)2)20(27,21(22,23)24)15-7-9-16(28-4)10-8-15/h11-13,15-16,27H,6-10H2,1-5H3. The van der Waals surface area contributed by atoms with Gasteiger partial charge in [0.1, 0.15) is 5.75 Å². The second kappa shape index (κ2) is 9.34. The first-order valence-electron chi connectivity index (χ1n) is 9.83. The number of alkyl halides is 3. The lowest BCUT2D eigenvalue weighted by molar-refractivity contribution is -0.291. The van der Waals surface area contributed by atoms with Gasteiger partial charge in [-0.1, -0.05) is 0 Å². The molecule has 1 saturated carbocycles. The number of aliphatic imine (C=N–C) groups is 1. The number of hydrogen-bond acceptors (Lipinski definition) is 4. The fourth-order valence-corrected chi connectivity index (χ4v) is 3.85. The minimum absolute atomic E-state index is 0.0180. The molecule has 29 heavy (non-hydrogen) atoms. The van der Waals surface area contributed by atoms with Gasteiger partial charge in [-0.25, -0.2) is 4.99 Å². The summed E-state index contributed by atoms with van der Waals surface area (Å²) in [5.74, 6) is -0.988. The van der Waals surface area contributed by atoms with Gasteiger partial charge in [-0.2, -0.15) is 13.2 Å². The Labute approximate surface area is 170 Å². The van der Waals surface area contributed by atoms with Crippen molar-refractivity contribution in [3.63, 3.8) is 0 Å². The van der Waals surface area contributed by atoms with E-state index in [-0.39, 0.29) is 30.3 Å². The van der Waals surface area contributed by atoms with Gasteiger partial charge in [0.2, 0.25) is 0 Å². The molecule has 0 aliphatic heterocycles. The summed E-state index contributed by atoms with van der Waals surface area (Å²) in [6.45, 7) is 4.39. The summed E-state index contributed by atoms with van der Waals surface area (Å²) < 4.78 is 53.2. The zero-order chi connectivity index (χ0) is 21.8. The van der Waals surface area contributed by atoms with E-state index in [0.717, 1.165) is 6.54 Å². The van der Waals surface area contributed by atoms with Gasteiger partial charge in [0.05, 0.1) is 25.2 Å². The average Bonchev–Trinajstić information content (AvgIpc) is 2.70. The molecule has 0 spiro atoms. The molecular formula is C21H31F3N2O3. The molecule has 1 fully saturated rings. The zero-order valence-corrected chi connectivity index (χ0v) is 17.7. The number of nitrogens with zero attached hydrogens (tertiary/aromatic N) is 2. The molecule has 0 radical (unpaired) electrons. The van der Waals surface area contributed by atoms with E-state index in [2.05, 4.69) is 4.99 Å². The first-order chi connectivity index (χ1) is 13.6. The fourth-order valence-electron chi connectivity index (χ4n) is 3.85. The van der Waals surface area contributed by atoms with Crippen LogP contribution in [0.25, 0.3) is 0 Å². The van der Waals surface area contributed by atoms with Crippen molar-refractivity contribution in [1.29, 1.82) is 0 Å². The second-order valence-electron chi connectivity index (χ2n) is 7.63. The second-order valence-corrected chi connectivity index (χ2v) is 7.63. The fraction of sp³-hybridized carbons (Fsp3) is 0.667. The van der Waals surface area contributed by atoms with Crippen LogP contribution in [-0.2, 0) is 10.3 Å². The van der Waals surface area contributed by atoms with Crippen molar-refractivity contribution in [1.82, 2.24) is 4.90 Å². The van der Waals surface area contributed by atoms with Crippen LogP contribution >= 0.6 is 0 Å². The van der Waals surface area contributed by atoms with Crippen molar-refractivity contribution in [2.75, 3.05) is 27.8 Å². The lowest BCUT2D eigenvalue weighted by Crippen LogP contribution is -2.50.